The Morgan fingerprint density at radius 3 is 3.08 bits per heavy atom. The van der Waals surface area contributed by atoms with E-state index in [2.05, 4.69) is 55.2 Å². The van der Waals surface area contributed by atoms with Crippen LogP contribution >= 0.6 is 44.3 Å². The van der Waals surface area contributed by atoms with Gasteiger partial charge in [-0.1, -0.05) is 15.9 Å². The van der Waals surface area contributed by atoms with Gasteiger partial charge in [0.15, 0.2) is 0 Å². The highest BCUT2D eigenvalue weighted by atomic mass is 127. The predicted molar refractivity (Wildman–Crippen MR) is 65.2 cm³/mol. The van der Waals surface area contributed by atoms with E-state index < -0.39 is 0 Å². The molecule has 0 spiro atoms. The lowest BCUT2D eigenvalue weighted by Crippen LogP contribution is -1.80. The van der Waals surface area contributed by atoms with Crippen molar-refractivity contribution in [2.45, 2.75) is 0 Å². The van der Waals surface area contributed by atoms with Crippen LogP contribution in [0.25, 0.3) is 10.9 Å². The third-order valence-electron chi connectivity index (χ3n) is 1.61. The second-order valence-corrected chi connectivity index (χ2v) is 5.30. The normalized spacial score (nSPS) is 11.8. The first-order valence-corrected chi connectivity index (χ1v) is 8.16. The van der Waals surface area contributed by atoms with Crippen molar-refractivity contribution in [3.05, 3.63) is 28.9 Å². The molecular weight excluding hydrogens is 350 g/mol. The Hall–Kier alpha value is 0.330. The molecular formula is C7H5BrIN2P. The van der Waals surface area contributed by atoms with Gasteiger partial charge in [0.05, 0.1) is 18.1 Å². The highest BCUT2D eigenvalue weighted by Crippen LogP contribution is 2.29. The van der Waals surface area contributed by atoms with Crippen LogP contribution in [-0.4, -0.2) is 9.55 Å². The van der Waals surface area contributed by atoms with Crippen LogP contribution in [0.1, 0.15) is 0 Å². The topological polar surface area (TPSA) is 17.8 Å². The summed E-state index contributed by atoms with van der Waals surface area (Å²) in [7, 11) is 0. The molecule has 0 fully saturated rings. The number of hydrogen-bond acceptors (Lipinski definition) is 1. The molecule has 1 unspecified atom stereocenters. The molecule has 1 aromatic heterocycles. The number of nitrogens with zero attached hydrogens (tertiary/aromatic N) is 2. The highest BCUT2D eigenvalue weighted by Gasteiger charge is 2.00. The van der Waals surface area contributed by atoms with Crippen molar-refractivity contribution < 1.29 is 0 Å². The zero-order chi connectivity index (χ0) is 8.55. The molecule has 2 aromatic rings. The quantitative estimate of drug-likeness (QED) is 0.565. The molecule has 0 saturated carbocycles. The van der Waals surface area contributed by atoms with Crippen LogP contribution in [-0.2, 0) is 0 Å². The molecule has 1 atom stereocenters. The maximum absolute atomic E-state index is 4.26. The van der Waals surface area contributed by atoms with Crippen molar-refractivity contribution in [2.75, 3.05) is 0 Å². The average molecular weight is 355 g/mol. The van der Waals surface area contributed by atoms with E-state index in [1.54, 1.807) is 0 Å². The molecule has 0 aliphatic heterocycles. The zero-order valence-electron chi connectivity index (χ0n) is 5.96. The molecule has 0 aliphatic rings. The minimum atomic E-state index is 0.665. The fraction of sp³-hybridized carbons (Fsp3) is 0. The van der Waals surface area contributed by atoms with E-state index in [4.69, 9.17) is 0 Å². The van der Waals surface area contributed by atoms with Gasteiger partial charge >= 0.3 is 0 Å². The smallest absolute Gasteiger partial charge is 0.0730 e. The molecule has 0 saturated heterocycles. The average Bonchev–Trinajstić information content (AvgIpc) is 2.46. The van der Waals surface area contributed by atoms with Crippen LogP contribution in [0.4, 0.5) is 0 Å². The monoisotopic (exact) mass is 354 g/mol. The zero-order valence-corrected chi connectivity index (χ0v) is 10.7. The molecule has 0 N–H and O–H groups in total. The van der Waals surface area contributed by atoms with Crippen LogP contribution < -0.4 is 0 Å². The van der Waals surface area contributed by atoms with Crippen molar-refractivity contribution in [3.8, 4) is 0 Å². The van der Waals surface area contributed by atoms with Gasteiger partial charge in [0.1, 0.15) is 0 Å². The van der Waals surface area contributed by atoms with Crippen LogP contribution in [0.5, 0.6) is 0 Å². The Morgan fingerprint density at radius 2 is 2.33 bits per heavy atom. The van der Waals surface area contributed by atoms with Gasteiger partial charge in [0, 0.05) is 9.86 Å². The molecule has 1 aromatic carbocycles. The van der Waals surface area contributed by atoms with E-state index in [1.165, 1.54) is 10.9 Å². The summed E-state index contributed by atoms with van der Waals surface area (Å²) in [4.78, 5) is 0. The first-order valence-electron chi connectivity index (χ1n) is 3.31. The first kappa shape index (κ1) is 8.91. The molecule has 2 nitrogen and oxygen atoms in total. The molecule has 62 valence electrons. The third kappa shape index (κ3) is 1.52. The SMILES string of the molecule is Brc1ccc2c(cnn2PI)c1. The largest absolute Gasteiger partial charge is 0.237 e. The van der Waals surface area contributed by atoms with Crippen molar-refractivity contribution in [2.24, 2.45) is 0 Å². The number of benzene rings is 1. The fourth-order valence-electron chi connectivity index (χ4n) is 1.07. The standard InChI is InChI=1S/C7H5BrIN2P/c8-6-1-2-7-5(3-6)4-10-11(7)12-9/h1-4,12H. The van der Waals surface area contributed by atoms with Crippen LogP contribution in [0, 0.1) is 0 Å². The Bertz CT molecular complexity index is 415. The van der Waals surface area contributed by atoms with Gasteiger partial charge in [-0.05, 0) is 40.2 Å². The van der Waals surface area contributed by atoms with Gasteiger partial charge in [-0.15, -0.1) is 0 Å². The van der Waals surface area contributed by atoms with Gasteiger partial charge in [-0.3, -0.25) is 0 Å². The molecule has 0 aliphatic carbocycles. The summed E-state index contributed by atoms with van der Waals surface area (Å²) in [5.41, 5.74) is 1.20. The maximum atomic E-state index is 4.26. The van der Waals surface area contributed by atoms with E-state index in [1.807, 2.05) is 16.7 Å². The minimum absolute atomic E-state index is 0.665. The molecule has 2 rings (SSSR count). The summed E-state index contributed by atoms with van der Waals surface area (Å²) in [5.74, 6) is 0. The van der Waals surface area contributed by atoms with E-state index in [9.17, 15) is 0 Å². The number of hydrogen-bond donors (Lipinski definition) is 0. The Morgan fingerprint density at radius 1 is 1.50 bits per heavy atom. The number of halogens is 2. The summed E-state index contributed by atoms with van der Waals surface area (Å²) in [6.45, 7) is 0. The summed E-state index contributed by atoms with van der Waals surface area (Å²) in [6.07, 6.45) is 2.56. The summed E-state index contributed by atoms with van der Waals surface area (Å²) in [6, 6.07) is 6.20. The summed E-state index contributed by atoms with van der Waals surface area (Å²) >= 11 is 5.75. The molecule has 0 radical (unpaired) electrons. The fourth-order valence-corrected chi connectivity index (χ4v) is 3.00. The van der Waals surface area contributed by atoms with Gasteiger partial charge in [-0.25, -0.2) is 4.45 Å². The predicted octanol–water partition coefficient (Wildman–Crippen LogP) is 3.59. The Labute approximate surface area is 93.2 Å². The number of aromatic nitrogens is 2. The van der Waals surface area contributed by atoms with E-state index >= 15 is 0 Å². The van der Waals surface area contributed by atoms with Gasteiger partial charge in [0.25, 0.3) is 0 Å². The molecule has 1 heterocycles. The van der Waals surface area contributed by atoms with Crippen molar-refractivity contribution in [3.63, 3.8) is 0 Å². The Balaban J connectivity index is 2.73. The van der Waals surface area contributed by atoms with Crippen molar-refractivity contribution >= 4 is 55.2 Å². The van der Waals surface area contributed by atoms with E-state index in [-0.39, 0.29) is 0 Å². The van der Waals surface area contributed by atoms with Gasteiger partial charge in [0.2, 0.25) is 0 Å². The van der Waals surface area contributed by atoms with Crippen LogP contribution in [0.15, 0.2) is 28.9 Å². The van der Waals surface area contributed by atoms with E-state index in [0.29, 0.717) is 6.37 Å². The second-order valence-electron chi connectivity index (χ2n) is 2.34. The number of rotatable bonds is 1. The lowest BCUT2D eigenvalue weighted by atomic mass is 10.3. The minimum Gasteiger partial charge on any atom is -0.237 e. The van der Waals surface area contributed by atoms with Crippen LogP contribution in [0.3, 0.4) is 0 Å². The second kappa shape index (κ2) is 3.60. The Kier molecular flexibility index (Phi) is 2.67. The lowest BCUT2D eigenvalue weighted by molar-refractivity contribution is 1.04. The van der Waals surface area contributed by atoms with Crippen molar-refractivity contribution in [1.29, 1.82) is 0 Å². The van der Waals surface area contributed by atoms with Gasteiger partial charge in [-0.2, -0.15) is 5.10 Å². The van der Waals surface area contributed by atoms with Gasteiger partial charge < -0.3 is 0 Å². The summed E-state index contributed by atoms with van der Waals surface area (Å²) in [5, 5.41) is 5.44. The number of fused-ring (bicyclic) bond motifs is 1. The highest BCUT2D eigenvalue weighted by molar-refractivity contribution is 14.2. The first-order chi connectivity index (χ1) is 5.81. The maximum Gasteiger partial charge on any atom is 0.0730 e. The van der Waals surface area contributed by atoms with E-state index in [0.717, 1.165) is 4.47 Å². The summed E-state index contributed by atoms with van der Waals surface area (Å²) < 4.78 is 3.11. The molecule has 0 amide bonds. The lowest BCUT2D eigenvalue weighted by Gasteiger charge is -1.95. The van der Waals surface area contributed by atoms with Crippen molar-refractivity contribution in [1.82, 2.24) is 9.55 Å². The third-order valence-corrected chi connectivity index (χ3v) is 3.99. The molecule has 0 bridgehead atoms. The van der Waals surface area contributed by atoms with Crippen LogP contribution in [0.2, 0.25) is 0 Å². The molecule has 12 heavy (non-hydrogen) atoms. The molecule has 5 heteroatoms.